The molecule has 1 heterocycles. The molecule has 2 aromatic rings. The van der Waals surface area contributed by atoms with E-state index in [1.807, 2.05) is 12.2 Å². The maximum Gasteiger partial charge on any atom is 0.255 e. The van der Waals surface area contributed by atoms with Crippen molar-refractivity contribution in [3.63, 3.8) is 0 Å². The first-order valence-corrected chi connectivity index (χ1v) is 9.26. The van der Waals surface area contributed by atoms with E-state index in [9.17, 15) is 18.8 Å². The van der Waals surface area contributed by atoms with Crippen LogP contribution < -0.4 is 10.2 Å². The number of hydrogen-bond donors (Lipinski definition) is 1. The Kier molecular flexibility index (Phi) is 3.69. The molecule has 3 amide bonds. The van der Waals surface area contributed by atoms with Gasteiger partial charge in [0.1, 0.15) is 5.82 Å². The molecule has 0 aromatic heterocycles. The highest BCUT2D eigenvalue weighted by molar-refractivity contribution is 6.23. The van der Waals surface area contributed by atoms with Gasteiger partial charge in [0.25, 0.3) is 5.91 Å². The van der Waals surface area contributed by atoms with Crippen molar-refractivity contribution in [3.05, 3.63) is 72.1 Å². The van der Waals surface area contributed by atoms with E-state index in [1.54, 1.807) is 24.3 Å². The van der Waals surface area contributed by atoms with Crippen molar-refractivity contribution in [2.75, 3.05) is 10.2 Å². The van der Waals surface area contributed by atoms with Crippen LogP contribution in [0.25, 0.3) is 0 Å². The van der Waals surface area contributed by atoms with Crippen LogP contribution in [0.1, 0.15) is 16.8 Å². The SMILES string of the molecule is O=C(Nc1ccc(F)cc1)c1cccc(N2C(=O)[C@@H]3[C@H](C2=O)[C@@H]2C=C[C@@H]3C2)c1. The van der Waals surface area contributed by atoms with E-state index in [2.05, 4.69) is 5.32 Å². The summed E-state index contributed by atoms with van der Waals surface area (Å²) in [5.74, 6) is -1.42. The summed E-state index contributed by atoms with van der Waals surface area (Å²) < 4.78 is 13.0. The third kappa shape index (κ3) is 2.48. The molecule has 4 atom stereocenters. The Morgan fingerprint density at radius 3 is 2.25 bits per heavy atom. The molecule has 6 heteroatoms. The number of rotatable bonds is 3. The molecule has 5 nitrogen and oxygen atoms in total. The van der Waals surface area contributed by atoms with Gasteiger partial charge in [-0.3, -0.25) is 14.4 Å². The average molecular weight is 376 g/mol. The van der Waals surface area contributed by atoms with Crippen molar-refractivity contribution >= 4 is 29.1 Å². The zero-order valence-corrected chi connectivity index (χ0v) is 14.8. The number of anilines is 2. The first-order chi connectivity index (χ1) is 13.5. The van der Waals surface area contributed by atoms with Crippen molar-refractivity contribution in [2.45, 2.75) is 6.42 Å². The standard InChI is InChI=1S/C22H17FN2O3/c23-15-6-8-16(9-7-15)24-20(26)14-2-1-3-17(11-14)25-21(27)18-12-4-5-13(10-12)19(18)22(25)28/h1-9,11-13,18-19H,10H2,(H,24,26)/t12-,13-,18-,19+/m1/s1. The molecule has 28 heavy (non-hydrogen) atoms. The van der Waals surface area contributed by atoms with Crippen LogP contribution in [0.4, 0.5) is 15.8 Å². The predicted molar refractivity (Wildman–Crippen MR) is 101 cm³/mol. The average Bonchev–Trinajstić information content (AvgIpc) is 3.37. The number of allylic oxidation sites excluding steroid dienone is 2. The number of amides is 3. The van der Waals surface area contributed by atoms with Crippen LogP contribution in [0.3, 0.4) is 0 Å². The molecule has 0 unspecified atom stereocenters. The molecular weight excluding hydrogens is 359 g/mol. The summed E-state index contributed by atoms with van der Waals surface area (Å²) in [6.45, 7) is 0. The first kappa shape index (κ1) is 16.9. The lowest BCUT2D eigenvalue weighted by atomic mass is 9.85. The molecule has 140 valence electrons. The largest absolute Gasteiger partial charge is 0.322 e. The number of hydrogen-bond acceptors (Lipinski definition) is 3. The Hall–Kier alpha value is -3.28. The summed E-state index contributed by atoms with van der Waals surface area (Å²) in [4.78, 5) is 39.6. The Bertz CT molecular complexity index is 1000. The molecule has 2 bridgehead atoms. The second kappa shape index (κ2) is 6.12. The number of benzene rings is 2. The van der Waals surface area contributed by atoms with Crippen molar-refractivity contribution in [2.24, 2.45) is 23.7 Å². The van der Waals surface area contributed by atoms with Gasteiger partial charge in [0.2, 0.25) is 11.8 Å². The fourth-order valence-corrected chi connectivity index (χ4v) is 4.68. The zero-order chi connectivity index (χ0) is 19.4. The molecule has 1 saturated heterocycles. The quantitative estimate of drug-likeness (QED) is 0.660. The van der Waals surface area contributed by atoms with E-state index in [0.717, 1.165) is 6.42 Å². The predicted octanol–water partition coefficient (Wildman–Crippen LogP) is 3.39. The Balaban J connectivity index is 1.40. The Morgan fingerprint density at radius 1 is 0.964 bits per heavy atom. The van der Waals surface area contributed by atoms with Crippen LogP contribution in [0.2, 0.25) is 0 Å². The van der Waals surface area contributed by atoms with Gasteiger partial charge in [-0.2, -0.15) is 0 Å². The number of fused-ring (bicyclic) bond motifs is 5. The van der Waals surface area contributed by atoms with Gasteiger partial charge in [-0.15, -0.1) is 0 Å². The fraction of sp³-hybridized carbons (Fsp3) is 0.227. The summed E-state index contributed by atoms with van der Waals surface area (Å²) in [5.41, 5.74) is 1.19. The lowest BCUT2D eigenvalue weighted by Gasteiger charge is -2.18. The van der Waals surface area contributed by atoms with E-state index in [0.29, 0.717) is 16.9 Å². The van der Waals surface area contributed by atoms with Gasteiger partial charge >= 0.3 is 0 Å². The fourth-order valence-electron chi connectivity index (χ4n) is 4.68. The van der Waals surface area contributed by atoms with Crippen LogP contribution in [0.15, 0.2) is 60.7 Å². The molecule has 2 aromatic carbocycles. The topological polar surface area (TPSA) is 66.5 Å². The van der Waals surface area contributed by atoms with Crippen LogP contribution >= 0.6 is 0 Å². The van der Waals surface area contributed by atoms with Crippen LogP contribution in [0.5, 0.6) is 0 Å². The third-order valence-corrected chi connectivity index (χ3v) is 5.94. The summed E-state index contributed by atoms with van der Waals surface area (Å²) in [5, 5.41) is 2.69. The van der Waals surface area contributed by atoms with Crippen LogP contribution in [-0.2, 0) is 9.59 Å². The van der Waals surface area contributed by atoms with E-state index in [1.165, 1.54) is 29.2 Å². The van der Waals surface area contributed by atoms with Crippen molar-refractivity contribution in [1.82, 2.24) is 0 Å². The highest BCUT2D eigenvalue weighted by Crippen LogP contribution is 2.53. The minimum Gasteiger partial charge on any atom is -0.322 e. The maximum absolute atomic E-state index is 13.0. The first-order valence-electron chi connectivity index (χ1n) is 9.26. The summed E-state index contributed by atoms with van der Waals surface area (Å²) in [6.07, 6.45) is 4.97. The molecule has 0 radical (unpaired) electrons. The van der Waals surface area contributed by atoms with E-state index in [-0.39, 0.29) is 41.3 Å². The summed E-state index contributed by atoms with van der Waals surface area (Å²) in [7, 11) is 0. The second-order valence-corrected chi connectivity index (χ2v) is 7.52. The Morgan fingerprint density at radius 2 is 1.61 bits per heavy atom. The molecule has 5 rings (SSSR count). The van der Waals surface area contributed by atoms with Gasteiger partial charge in [-0.25, -0.2) is 9.29 Å². The van der Waals surface area contributed by atoms with E-state index in [4.69, 9.17) is 0 Å². The molecule has 2 fully saturated rings. The smallest absolute Gasteiger partial charge is 0.255 e. The lowest BCUT2D eigenvalue weighted by molar-refractivity contribution is -0.123. The number of nitrogens with zero attached hydrogens (tertiary/aromatic N) is 1. The highest BCUT2D eigenvalue weighted by atomic mass is 19.1. The minimum absolute atomic E-state index is 0.140. The molecule has 2 aliphatic carbocycles. The van der Waals surface area contributed by atoms with Crippen LogP contribution in [-0.4, -0.2) is 17.7 Å². The molecule has 1 saturated carbocycles. The monoisotopic (exact) mass is 376 g/mol. The third-order valence-electron chi connectivity index (χ3n) is 5.94. The van der Waals surface area contributed by atoms with Crippen molar-refractivity contribution < 1.29 is 18.8 Å². The molecule has 1 aliphatic heterocycles. The molecular formula is C22H17FN2O3. The molecule has 3 aliphatic rings. The Labute approximate surface area is 160 Å². The van der Waals surface area contributed by atoms with Crippen molar-refractivity contribution in [3.8, 4) is 0 Å². The van der Waals surface area contributed by atoms with E-state index < -0.39 is 5.91 Å². The lowest BCUT2D eigenvalue weighted by Crippen LogP contribution is -2.33. The van der Waals surface area contributed by atoms with Gasteiger partial charge in [0.15, 0.2) is 0 Å². The number of nitrogens with one attached hydrogen (secondary N) is 1. The number of carbonyl (C=O) groups is 3. The van der Waals surface area contributed by atoms with Gasteiger partial charge in [-0.1, -0.05) is 18.2 Å². The van der Waals surface area contributed by atoms with Gasteiger partial charge in [0.05, 0.1) is 17.5 Å². The molecule has 0 spiro atoms. The van der Waals surface area contributed by atoms with Crippen molar-refractivity contribution in [1.29, 1.82) is 0 Å². The maximum atomic E-state index is 13.0. The van der Waals surface area contributed by atoms with Crippen LogP contribution in [0, 0.1) is 29.5 Å². The van der Waals surface area contributed by atoms with Gasteiger partial charge < -0.3 is 5.32 Å². The number of imide groups is 1. The van der Waals surface area contributed by atoms with Gasteiger partial charge in [-0.05, 0) is 60.7 Å². The highest BCUT2D eigenvalue weighted by Gasteiger charge is 2.59. The minimum atomic E-state index is -0.394. The molecule has 1 N–H and O–H groups in total. The zero-order valence-electron chi connectivity index (χ0n) is 14.8. The number of halogens is 1. The normalized spacial score (nSPS) is 27.4. The van der Waals surface area contributed by atoms with Gasteiger partial charge in [0, 0.05) is 11.3 Å². The number of carbonyl (C=O) groups excluding carboxylic acids is 3. The van der Waals surface area contributed by atoms with E-state index >= 15 is 0 Å². The summed E-state index contributed by atoms with van der Waals surface area (Å²) >= 11 is 0. The second-order valence-electron chi connectivity index (χ2n) is 7.52. The summed E-state index contributed by atoms with van der Waals surface area (Å²) in [6, 6.07) is 11.9.